The lowest BCUT2D eigenvalue weighted by molar-refractivity contribution is -0.150. The van der Waals surface area contributed by atoms with Crippen molar-refractivity contribution < 1.29 is 14.3 Å². The van der Waals surface area contributed by atoms with Crippen LogP contribution in [0.5, 0.6) is 0 Å². The molecule has 0 saturated heterocycles. The summed E-state index contributed by atoms with van der Waals surface area (Å²) in [5, 5.41) is 0.555. The summed E-state index contributed by atoms with van der Waals surface area (Å²) in [6, 6.07) is 6.59. The van der Waals surface area contributed by atoms with Gasteiger partial charge in [0.15, 0.2) is 5.78 Å². The molecule has 0 heterocycles. The number of carbonyl (C=O) groups is 2. The number of hydrogen-bond acceptors (Lipinski definition) is 3. The molecule has 0 bridgehead atoms. The predicted octanol–water partition coefficient (Wildman–Crippen LogP) is 2.36. The quantitative estimate of drug-likeness (QED) is 0.602. The van der Waals surface area contributed by atoms with E-state index >= 15 is 0 Å². The second kappa shape index (κ2) is 4.66. The van der Waals surface area contributed by atoms with E-state index in [1.807, 2.05) is 0 Å². The molecule has 3 nitrogen and oxygen atoms in total. The van der Waals surface area contributed by atoms with Crippen molar-refractivity contribution in [2.45, 2.75) is 19.3 Å². The molecule has 1 aromatic carbocycles. The Morgan fingerprint density at radius 1 is 1.25 bits per heavy atom. The van der Waals surface area contributed by atoms with Gasteiger partial charge in [0.25, 0.3) is 0 Å². The number of halogens is 1. The number of carbonyl (C=O) groups excluding carboxylic acids is 2. The Balaban J connectivity index is 3.27. The van der Waals surface area contributed by atoms with Gasteiger partial charge in [-0.25, -0.2) is 0 Å². The number of ketones is 1. The van der Waals surface area contributed by atoms with Gasteiger partial charge in [-0.05, 0) is 31.5 Å². The maximum atomic E-state index is 11.7. The molecule has 0 N–H and O–H groups in total. The summed E-state index contributed by atoms with van der Waals surface area (Å²) in [4.78, 5) is 23.3. The Morgan fingerprint density at radius 3 is 2.12 bits per heavy atom. The van der Waals surface area contributed by atoms with Crippen LogP contribution in [0.15, 0.2) is 24.3 Å². The van der Waals surface area contributed by atoms with E-state index in [2.05, 4.69) is 4.74 Å². The molecule has 0 fully saturated rings. The molecule has 0 aromatic heterocycles. The van der Waals surface area contributed by atoms with Gasteiger partial charge in [0.05, 0.1) is 7.11 Å². The van der Waals surface area contributed by atoms with Gasteiger partial charge in [0.1, 0.15) is 5.41 Å². The molecular weight excluding hydrogens is 228 g/mol. The van der Waals surface area contributed by atoms with E-state index in [9.17, 15) is 9.59 Å². The van der Waals surface area contributed by atoms with E-state index in [4.69, 9.17) is 11.6 Å². The SMILES string of the molecule is COC(=O)C(C)(C(C)=O)c1ccc(Cl)cc1. The molecule has 0 aliphatic carbocycles. The molecule has 0 aliphatic rings. The fourth-order valence-electron chi connectivity index (χ4n) is 1.45. The standard InChI is InChI=1S/C12H13ClO3/c1-8(14)12(2,11(15)16-3)9-4-6-10(13)7-5-9/h4-7H,1-3H3. The van der Waals surface area contributed by atoms with Crippen molar-refractivity contribution in [3.8, 4) is 0 Å². The molecule has 86 valence electrons. The van der Waals surface area contributed by atoms with Crippen LogP contribution in [0.25, 0.3) is 0 Å². The minimum absolute atomic E-state index is 0.262. The largest absolute Gasteiger partial charge is 0.468 e. The molecule has 1 unspecified atom stereocenters. The van der Waals surface area contributed by atoms with Crippen molar-refractivity contribution in [2.24, 2.45) is 0 Å². The number of Topliss-reactive ketones (excluding diaryl/α,β-unsaturated/α-hetero) is 1. The lowest BCUT2D eigenvalue weighted by Gasteiger charge is -2.24. The average molecular weight is 241 g/mol. The number of benzene rings is 1. The Morgan fingerprint density at radius 2 is 1.75 bits per heavy atom. The number of rotatable bonds is 3. The smallest absolute Gasteiger partial charge is 0.323 e. The van der Waals surface area contributed by atoms with Gasteiger partial charge in [0, 0.05) is 5.02 Å². The third-order valence-corrected chi connectivity index (χ3v) is 2.97. The molecule has 0 radical (unpaired) electrons. The minimum Gasteiger partial charge on any atom is -0.468 e. The van der Waals surface area contributed by atoms with Gasteiger partial charge in [-0.2, -0.15) is 0 Å². The van der Waals surface area contributed by atoms with Gasteiger partial charge in [-0.1, -0.05) is 23.7 Å². The predicted molar refractivity (Wildman–Crippen MR) is 61.5 cm³/mol. The van der Waals surface area contributed by atoms with Crippen molar-refractivity contribution in [3.63, 3.8) is 0 Å². The lowest BCUT2D eigenvalue weighted by Crippen LogP contribution is -2.40. The van der Waals surface area contributed by atoms with Crippen molar-refractivity contribution in [1.82, 2.24) is 0 Å². The molecule has 16 heavy (non-hydrogen) atoms. The highest BCUT2D eigenvalue weighted by Gasteiger charge is 2.41. The topological polar surface area (TPSA) is 43.4 Å². The van der Waals surface area contributed by atoms with Crippen LogP contribution in [0.4, 0.5) is 0 Å². The Bertz CT molecular complexity index is 411. The third-order valence-electron chi connectivity index (χ3n) is 2.72. The maximum Gasteiger partial charge on any atom is 0.323 e. The van der Waals surface area contributed by atoms with Crippen LogP contribution >= 0.6 is 11.6 Å². The first kappa shape index (κ1) is 12.7. The van der Waals surface area contributed by atoms with Crippen LogP contribution in [0.2, 0.25) is 5.02 Å². The Hall–Kier alpha value is -1.35. The van der Waals surface area contributed by atoms with Gasteiger partial charge in [0.2, 0.25) is 0 Å². The van der Waals surface area contributed by atoms with Crippen LogP contribution in [-0.4, -0.2) is 18.9 Å². The highest BCUT2D eigenvalue weighted by molar-refractivity contribution is 6.30. The first-order valence-corrected chi connectivity index (χ1v) is 5.16. The van der Waals surface area contributed by atoms with Crippen molar-refractivity contribution in [3.05, 3.63) is 34.9 Å². The van der Waals surface area contributed by atoms with Crippen LogP contribution in [-0.2, 0) is 19.7 Å². The minimum atomic E-state index is -1.26. The van der Waals surface area contributed by atoms with E-state index in [0.717, 1.165) is 0 Å². The Kier molecular flexibility index (Phi) is 3.70. The fraction of sp³-hybridized carbons (Fsp3) is 0.333. The zero-order valence-corrected chi connectivity index (χ0v) is 10.2. The maximum absolute atomic E-state index is 11.7. The molecule has 0 saturated carbocycles. The Labute approximate surface area is 99.4 Å². The summed E-state index contributed by atoms with van der Waals surface area (Å²) in [6.45, 7) is 2.91. The van der Waals surface area contributed by atoms with Crippen molar-refractivity contribution in [1.29, 1.82) is 0 Å². The van der Waals surface area contributed by atoms with E-state index < -0.39 is 11.4 Å². The van der Waals surface area contributed by atoms with Gasteiger partial charge < -0.3 is 4.74 Å². The van der Waals surface area contributed by atoms with Crippen LogP contribution < -0.4 is 0 Å². The highest BCUT2D eigenvalue weighted by Crippen LogP contribution is 2.27. The first-order valence-electron chi connectivity index (χ1n) is 4.78. The number of ether oxygens (including phenoxy) is 1. The highest BCUT2D eigenvalue weighted by atomic mass is 35.5. The van der Waals surface area contributed by atoms with Gasteiger partial charge in [-0.15, -0.1) is 0 Å². The van der Waals surface area contributed by atoms with Crippen molar-refractivity contribution in [2.75, 3.05) is 7.11 Å². The normalized spacial score (nSPS) is 14.0. The summed E-state index contributed by atoms with van der Waals surface area (Å²) in [7, 11) is 1.26. The summed E-state index contributed by atoms with van der Waals surface area (Å²) < 4.78 is 4.67. The van der Waals surface area contributed by atoms with Crippen molar-refractivity contribution >= 4 is 23.4 Å². The molecule has 0 spiro atoms. The third kappa shape index (κ3) is 2.09. The van der Waals surface area contributed by atoms with E-state index in [1.54, 1.807) is 31.2 Å². The van der Waals surface area contributed by atoms with Gasteiger partial charge in [-0.3, -0.25) is 9.59 Å². The average Bonchev–Trinajstić information content (AvgIpc) is 2.27. The molecule has 1 atom stereocenters. The number of esters is 1. The molecule has 0 amide bonds. The summed E-state index contributed by atoms with van der Waals surface area (Å²) >= 11 is 5.75. The fourth-order valence-corrected chi connectivity index (χ4v) is 1.58. The summed E-state index contributed by atoms with van der Waals surface area (Å²) in [6.07, 6.45) is 0. The summed E-state index contributed by atoms with van der Waals surface area (Å²) in [5.41, 5.74) is -0.685. The first-order chi connectivity index (χ1) is 7.42. The van der Waals surface area contributed by atoms with Gasteiger partial charge >= 0.3 is 5.97 Å². The van der Waals surface area contributed by atoms with Crippen LogP contribution in [0.3, 0.4) is 0 Å². The second-order valence-electron chi connectivity index (χ2n) is 3.68. The number of methoxy groups -OCH3 is 1. The summed E-state index contributed by atoms with van der Waals surface area (Å²) in [5.74, 6) is -0.830. The van der Waals surface area contributed by atoms with E-state index in [1.165, 1.54) is 14.0 Å². The van der Waals surface area contributed by atoms with E-state index in [-0.39, 0.29) is 5.78 Å². The zero-order chi connectivity index (χ0) is 12.3. The lowest BCUT2D eigenvalue weighted by atomic mass is 9.79. The molecular formula is C12H13ClO3. The molecule has 1 aromatic rings. The van der Waals surface area contributed by atoms with E-state index in [0.29, 0.717) is 10.6 Å². The zero-order valence-electron chi connectivity index (χ0n) is 9.41. The van der Waals surface area contributed by atoms with Crippen LogP contribution in [0, 0.1) is 0 Å². The molecule has 1 rings (SSSR count). The molecule has 4 heteroatoms. The second-order valence-corrected chi connectivity index (χ2v) is 4.12. The molecule has 0 aliphatic heterocycles. The van der Waals surface area contributed by atoms with Crippen LogP contribution in [0.1, 0.15) is 19.4 Å². The monoisotopic (exact) mass is 240 g/mol. The number of hydrogen-bond donors (Lipinski definition) is 0.